The highest BCUT2D eigenvalue weighted by atomic mass is 32.2. The van der Waals surface area contributed by atoms with E-state index < -0.39 is 14.9 Å². The molecule has 0 spiro atoms. The summed E-state index contributed by atoms with van der Waals surface area (Å²) in [5.41, 5.74) is -0.286. The van der Waals surface area contributed by atoms with Gasteiger partial charge in [-0.25, -0.2) is 13.1 Å². The van der Waals surface area contributed by atoms with Crippen LogP contribution in [0.5, 0.6) is 0 Å². The fourth-order valence-corrected chi connectivity index (χ4v) is 4.64. The average molecular weight is 412 g/mol. The number of non-ortho nitro benzene ring substituents is 1. The Hall–Kier alpha value is -2.00. The second-order valence-corrected chi connectivity index (χ2v) is 9.07. The molecule has 1 fully saturated rings. The van der Waals surface area contributed by atoms with Gasteiger partial charge < -0.3 is 5.32 Å². The van der Waals surface area contributed by atoms with Gasteiger partial charge in [0.15, 0.2) is 0 Å². The Morgan fingerprint density at radius 1 is 1.21 bits per heavy atom. The van der Waals surface area contributed by atoms with Gasteiger partial charge in [-0.2, -0.15) is 0 Å². The molecular formula is C19H29N3O5S. The molecule has 0 unspecified atom stereocenters. The van der Waals surface area contributed by atoms with E-state index in [0.29, 0.717) is 0 Å². The summed E-state index contributed by atoms with van der Waals surface area (Å²) in [6.45, 7) is 2.40. The van der Waals surface area contributed by atoms with E-state index in [1.54, 1.807) is 0 Å². The number of benzene rings is 1. The molecule has 0 heterocycles. The highest BCUT2D eigenvalue weighted by Crippen LogP contribution is 2.31. The lowest BCUT2D eigenvalue weighted by atomic mass is 9.79. The number of nitro benzene ring substituents is 1. The maximum atomic E-state index is 12.3. The van der Waals surface area contributed by atoms with Crippen molar-refractivity contribution < 1.29 is 18.1 Å². The van der Waals surface area contributed by atoms with E-state index in [1.807, 2.05) is 0 Å². The summed E-state index contributed by atoms with van der Waals surface area (Å²) < 4.78 is 26.8. The van der Waals surface area contributed by atoms with E-state index in [-0.39, 0.29) is 35.5 Å². The first-order chi connectivity index (χ1) is 13.3. The predicted molar refractivity (Wildman–Crippen MR) is 106 cm³/mol. The first-order valence-corrected chi connectivity index (χ1v) is 11.3. The van der Waals surface area contributed by atoms with Gasteiger partial charge in [-0.1, -0.05) is 32.3 Å². The van der Waals surface area contributed by atoms with Crippen molar-refractivity contribution in [2.45, 2.75) is 56.8 Å². The number of unbranched alkanes of at least 4 members (excludes halogenated alkanes) is 1. The number of hydrogen-bond acceptors (Lipinski definition) is 5. The quantitative estimate of drug-likeness (QED) is 0.348. The molecule has 1 aliphatic rings. The van der Waals surface area contributed by atoms with Crippen molar-refractivity contribution in [1.82, 2.24) is 10.0 Å². The van der Waals surface area contributed by atoms with Crippen LogP contribution in [0.2, 0.25) is 0 Å². The van der Waals surface area contributed by atoms with Crippen LogP contribution in [0.3, 0.4) is 0 Å². The minimum absolute atomic E-state index is 0.00579. The molecule has 0 aromatic heterocycles. The van der Waals surface area contributed by atoms with Gasteiger partial charge in [-0.05, 0) is 37.7 Å². The standard InChI is InChI=1S/C19H29N3O5S/c1-2-3-5-15-8-10-16(11-9-15)19(23)20-12-13-21-28(26,27)18-7-4-6-17(14-18)22(24)25/h4,6-7,14-16,21H,2-3,5,8-13H2,1H3,(H,20,23). The number of carbonyl (C=O) groups excluding carboxylic acids is 1. The van der Waals surface area contributed by atoms with Gasteiger partial charge in [0.25, 0.3) is 5.69 Å². The van der Waals surface area contributed by atoms with Gasteiger partial charge in [0, 0.05) is 31.1 Å². The predicted octanol–water partition coefficient (Wildman–Crippen LogP) is 2.99. The van der Waals surface area contributed by atoms with Crippen molar-refractivity contribution in [1.29, 1.82) is 0 Å². The topological polar surface area (TPSA) is 118 Å². The summed E-state index contributed by atoms with van der Waals surface area (Å²) in [5.74, 6) is 0.709. The molecule has 0 aliphatic heterocycles. The summed E-state index contributed by atoms with van der Waals surface area (Å²) in [7, 11) is -3.86. The third kappa shape index (κ3) is 6.56. The van der Waals surface area contributed by atoms with E-state index in [2.05, 4.69) is 17.0 Å². The second kappa shape index (κ2) is 10.5. The summed E-state index contributed by atoms with van der Waals surface area (Å²) >= 11 is 0. The van der Waals surface area contributed by atoms with Crippen LogP contribution in [-0.4, -0.2) is 32.3 Å². The SMILES string of the molecule is CCCCC1CCC(C(=O)NCCNS(=O)(=O)c2cccc([N+](=O)[O-])c2)CC1. The molecule has 0 atom stereocenters. The zero-order valence-corrected chi connectivity index (χ0v) is 17.0. The van der Waals surface area contributed by atoms with Gasteiger partial charge in [-0.15, -0.1) is 0 Å². The monoisotopic (exact) mass is 411 g/mol. The Morgan fingerprint density at radius 3 is 2.57 bits per heavy atom. The molecule has 1 aromatic carbocycles. The molecule has 1 aromatic rings. The van der Waals surface area contributed by atoms with Crippen molar-refractivity contribution in [3.8, 4) is 0 Å². The van der Waals surface area contributed by atoms with Crippen LogP contribution < -0.4 is 10.0 Å². The lowest BCUT2D eigenvalue weighted by molar-refractivity contribution is -0.385. The maximum Gasteiger partial charge on any atom is 0.270 e. The van der Waals surface area contributed by atoms with Crippen molar-refractivity contribution in [3.63, 3.8) is 0 Å². The normalized spacial score (nSPS) is 19.9. The number of nitrogens with zero attached hydrogens (tertiary/aromatic N) is 1. The lowest BCUT2D eigenvalue weighted by Gasteiger charge is -2.27. The van der Waals surface area contributed by atoms with E-state index in [1.165, 1.54) is 37.5 Å². The van der Waals surface area contributed by atoms with Crippen molar-refractivity contribution in [2.24, 2.45) is 11.8 Å². The van der Waals surface area contributed by atoms with Gasteiger partial charge in [0.1, 0.15) is 0 Å². The van der Waals surface area contributed by atoms with Crippen LogP contribution >= 0.6 is 0 Å². The first-order valence-electron chi connectivity index (χ1n) is 9.85. The minimum Gasteiger partial charge on any atom is -0.355 e. The number of carbonyl (C=O) groups is 1. The van der Waals surface area contributed by atoms with E-state index in [0.717, 1.165) is 37.7 Å². The minimum atomic E-state index is -3.86. The van der Waals surface area contributed by atoms with Crippen molar-refractivity contribution >= 4 is 21.6 Å². The van der Waals surface area contributed by atoms with Crippen LogP contribution in [0.15, 0.2) is 29.2 Å². The zero-order valence-electron chi connectivity index (χ0n) is 16.2. The lowest BCUT2D eigenvalue weighted by Crippen LogP contribution is -2.38. The second-order valence-electron chi connectivity index (χ2n) is 7.30. The van der Waals surface area contributed by atoms with Gasteiger partial charge in [-0.3, -0.25) is 14.9 Å². The number of nitrogens with one attached hydrogen (secondary N) is 2. The number of hydrogen-bond donors (Lipinski definition) is 2. The van der Waals surface area contributed by atoms with Crippen LogP contribution in [0.1, 0.15) is 51.9 Å². The molecule has 1 aliphatic carbocycles. The molecular weight excluding hydrogens is 382 g/mol. The van der Waals surface area contributed by atoms with Gasteiger partial charge >= 0.3 is 0 Å². The molecule has 9 heteroatoms. The fraction of sp³-hybridized carbons (Fsp3) is 0.632. The average Bonchev–Trinajstić information content (AvgIpc) is 2.70. The van der Waals surface area contributed by atoms with Gasteiger partial charge in [0.05, 0.1) is 9.82 Å². The molecule has 0 radical (unpaired) electrons. The van der Waals surface area contributed by atoms with Gasteiger partial charge in [0.2, 0.25) is 15.9 Å². The Morgan fingerprint density at radius 2 is 1.93 bits per heavy atom. The largest absolute Gasteiger partial charge is 0.355 e. The van der Waals surface area contributed by atoms with E-state index in [9.17, 15) is 23.3 Å². The Bertz CT molecular complexity index is 774. The molecule has 28 heavy (non-hydrogen) atoms. The molecule has 1 amide bonds. The molecule has 156 valence electrons. The van der Waals surface area contributed by atoms with E-state index in [4.69, 9.17) is 0 Å². The highest BCUT2D eigenvalue weighted by Gasteiger charge is 2.25. The van der Waals surface area contributed by atoms with Crippen molar-refractivity contribution in [2.75, 3.05) is 13.1 Å². The third-order valence-electron chi connectivity index (χ3n) is 5.24. The number of sulfonamides is 1. The summed E-state index contributed by atoms with van der Waals surface area (Å²) in [6.07, 6.45) is 7.62. The summed E-state index contributed by atoms with van der Waals surface area (Å²) in [5, 5.41) is 13.6. The third-order valence-corrected chi connectivity index (χ3v) is 6.70. The first kappa shape index (κ1) is 22.3. The Balaban J connectivity index is 1.74. The van der Waals surface area contributed by atoms with Crippen LogP contribution in [-0.2, 0) is 14.8 Å². The van der Waals surface area contributed by atoms with Crippen molar-refractivity contribution in [3.05, 3.63) is 34.4 Å². The number of amides is 1. The summed E-state index contributed by atoms with van der Waals surface area (Å²) in [6, 6.07) is 4.87. The van der Waals surface area contributed by atoms with Crippen LogP contribution in [0, 0.1) is 22.0 Å². The summed E-state index contributed by atoms with van der Waals surface area (Å²) in [4.78, 5) is 22.2. The smallest absolute Gasteiger partial charge is 0.270 e. The molecule has 8 nitrogen and oxygen atoms in total. The molecule has 0 bridgehead atoms. The molecule has 0 saturated heterocycles. The molecule has 2 rings (SSSR count). The van der Waals surface area contributed by atoms with E-state index >= 15 is 0 Å². The molecule has 2 N–H and O–H groups in total. The van der Waals surface area contributed by atoms with Crippen LogP contribution in [0.25, 0.3) is 0 Å². The number of rotatable bonds is 10. The maximum absolute atomic E-state index is 12.3. The zero-order chi connectivity index (χ0) is 20.6. The highest BCUT2D eigenvalue weighted by molar-refractivity contribution is 7.89. The fourth-order valence-electron chi connectivity index (χ4n) is 3.57. The Kier molecular flexibility index (Phi) is 8.37. The molecule has 1 saturated carbocycles. The van der Waals surface area contributed by atoms with Crippen LogP contribution in [0.4, 0.5) is 5.69 Å². The Labute approximate surface area is 166 Å². The number of nitro groups is 1.